The first-order valence-corrected chi connectivity index (χ1v) is 8.44. The summed E-state index contributed by atoms with van der Waals surface area (Å²) in [6, 6.07) is 10.2. The molecule has 0 N–H and O–H groups in total. The van der Waals surface area contributed by atoms with E-state index in [1.54, 1.807) is 11.8 Å². The molecule has 0 bridgehead atoms. The topological polar surface area (TPSA) is 20.3 Å². The number of piperidine rings is 1. The van der Waals surface area contributed by atoms with E-state index in [4.69, 9.17) is 11.6 Å². The number of halogens is 1. The number of benzene rings is 1. The molecule has 2 atom stereocenters. The summed E-state index contributed by atoms with van der Waals surface area (Å²) >= 11 is 8.00. The molecule has 106 valence electrons. The number of carbonyl (C=O) groups excluding carboxylic acids is 1. The Balaban J connectivity index is 1.76. The van der Waals surface area contributed by atoms with E-state index >= 15 is 0 Å². The van der Waals surface area contributed by atoms with Crippen molar-refractivity contribution in [2.75, 3.05) is 13.1 Å². The van der Waals surface area contributed by atoms with Crippen molar-refractivity contribution in [3.63, 3.8) is 0 Å². The molecule has 1 fully saturated rings. The number of carbonyl (C=O) groups is 1. The Kier molecular flexibility index (Phi) is 4.37. The van der Waals surface area contributed by atoms with Crippen molar-refractivity contribution in [3.8, 4) is 0 Å². The highest BCUT2D eigenvalue weighted by atomic mass is 35.5. The Labute approximate surface area is 129 Å². The second-order valence-corrected chi connectivity index (χ2v) is 7.19. The second-order valence-electron chi connectivity index (χ2n) is 5.28. The number of alkyl halides is 1. The van der Waals surface area contributed by atoms with Gasteiger partial charge < -0.3 is 4.90 Å². The minimum absolute atomic E-state index is 0.181. The number of nitrogens with zero attached hydrogens (tertiary/aromatic N) is 1. The molecule has 2 aliphatic rings. The standard InChI is InChI=1S/C16H18ClNOS/c17-15-13(16(19)18-9-5-2-6-10-18)11-14(20-15)12-7-3-1-4-8-12/h1,3-4,7-8,11,13,15H,2,5-6,9-10H2. The van der Waals surface area contributed by atoms with Gasteiger partial charge in [0.2, 0.25) is 5.91 Å². The number of amides is 1. The van der Waals surface area contributed by atoms with Crippen LogP contribution in [0.4, 0.5) is 0 Å². The summed E-state index contributed by atoms with van der Waals surface area (Å²) in [5, 5.41) is 0. The molecule has 0 radical (unpaired) electrons. The summed E-state index contributed by atoms with van der Waals surface area (Å²) in [5.41, 5.74) is 1.15. The molecule has 2 heterocycles. The summed E-state index contributed by atoms with van der Waals surface area (Å²) in [5.74, 6) is 0.0121. The Morgan fingerprint density at radius 2 is 1.85 bits per heavy atom. The molecule has 2 nitrogen and oxygen atoms in total. The third-order valence-electron chi connectivity index (χ3n) is 3.86. The van der Waals surface area contributed by atoms with Gasteiger partial charge in [0.1, 0.15) is 0 Å². The first-order chi connectivity index (χ1) is 9.75. The maximum Gasteiger partial charge on any atom is 0.231 e. The average molecular weight is 308 g/mol. The number of thioether (sulfide) groups is 1. The quantitative estimate of drug-likeness (QED) is 0.771. The minimum atomic E-state index is -0.185. The van der Waals surface area contributed by atoms with Gasteiger partial charge in [0.25, 0.3) is 0 Å². The molecule has 0 aromatic heterocycles. The molecule has 4 heteroatoms. The lowest BCUT2D eigenvalue weighted by Crippen LogP contribution is -2.40. The third-order valence-corrected chi connectivity index (χ3v) is 5.55. The van der Waals surface area contributed by atoms with Gasteiger partial charge >= 0.3 is 0 Å². The summed E-state index contributed by atoms with van der Waals surface area (Å²) in [4.78, 5) is 15.7. The first-order valence-electron chi connectivity index (χ1n) is 7.12. The molecule has 2 unspecified atom stereocenters. The summed E-state index contributed by atoms with van der Waals surface area (Å²) in [7, 11) is 0. The van der Waals surface area contributed by atoms with E-state index in [9.17, 15) is 4.79 Å². The summed E-state index contributed by atoms with van der Waals surface area (Å²) in [6.45, 7) is 1.77. The van der Waals surface area contributed by atoms with Gasteiger partial charge in [-0.25, -0.2) is 0 Å². The predicted molar refractivity (Wildman–Crippen MR) is 85.6 cm³/mol. The lowest BCUT2D eigenvalue weighted by molar-refractivity contribution is -0.134. The SMILES string of the molecule is O=C(C1C=C(c2ccccc2)SC1Cl)N1CCCCC1. The highest BCUT2D eigenvalue weighted by Crippen LogP contribution is 2.45. The minimum Gasteiger partial charge on any atom is -0.342 e. The highest BCUT2D eigenvalue weighted by molar-refractivity contribution is 8.10. The fourth-order valence-corrected chi connectivity index (χ4v) is 4.30. The van der Waals surface area contributed by atoms with E-state index in [0.717, 1.165) is 36.4 Å². The van der Waals surface area contributed by atoms with Gasteiger partial charge in [-0.05, 0) is 24.8 Å². The molecule has 20 heavy (non-hydrogen) atoms. The van der Waals surface area contributed by atoms with Gasteiger partial charge in [0.15, 0.2) is 0 Å². The molecule has 0 aliphatic carbocycles. The normalized spacial score (nSPS) is 26.4. The monoisotopic (exact) mass is 307 g/mol. The van der Waals surface area contributed by atoms with E-state index in [0.29, 0.717) is 0 Å². The molecule has 1 aromatic carbocycles. The second kappa shape index (κ2) is 6.23. The lowest BCUT2D eigenvalue weighted by atomic mass is 10.0. The van der Waals surface area contributed by atoms with Crippen LogP contribution in [0.25, 0.3) is 4.91 Å². The largest absolute Gasteiger partial charge is 0.342 e. The van der Waals surface area contributed by atoms with Gasteiger partial charge in [0, 0.05) is 18.0 Å². The maximum atomic E-state index is 12.6. The van der Waals surface area contributed by atoms with Crippen molar-refractivity contribution in [3.05, 3.63) is 42.0 Å². The zero-order valence-electron chi connectivity index (χ0n) is 11.3. The van der Waals surface area contributed by atoms with Gasteiger partial charge in [0.05, 0.1) is 10.6 Å². The van der Waals surface area contributed by atoms with Crippen molar-refractivity contribution >= 4 is 34.2 Å². The molecule has 0 saturated carbocycles. The van der Waals surface area contributed by atoms with Crippen LogP contribution in [0.3, 0.4) is 0 Å². The molecule has 1 saturated heterocycles. The van der Waals surface area contributed by atoms with Gasteiger partial charge in [-0.2, -0.15) is 0 Å². The van der Waals surface area contributed by atoms with Crippen LogP contribution in [0.1, 0.15) is 24.8 Å². The fourth-order valence-electron chi connectivity index (χ4n) is 2.75. The lowest BCUT2D eigenvalue weighted by Gasteiger charge is -2.29. The molecular formula is C16H18ClNOS. The van der Waals surface area contributed by atoms with Crippen LogP contribution in [0, 0.1) is 5.92 Å². The molecule has 2 aliphatic heterocycles. The first kappa shape index (κ1) is 14.0. The highest BCUT2D eigenvalue weighted by Gasteiger charge is 2.35. The van der Waals surface area contributed by atoms with E-state index in [-0.39, 0.29) is 16.5 Å². The van der Waals surface area contributed by atoms with E-state index in [2.05, 4.69) is 18.2 Å². The maximum absolute atomic E-state index is 12.6. The van der Waals surface area contributed by atoms with Gasteiger partial charge in [-0.1, -0.05) is 36.4 Å². The van der Waals surface area contributed by atoms with E-state index < -0.39 is 0 Å². The number of hydrogen-bond donors (Lipinski definition) is 0. The zero-order valence-corrected chi connectivity index (χ0v) is 12.9. The van der Waals surface area contributed by atoms with Crippen molar-refractivity contribution in [1.82, 2.24) is 4.90 Å². The van der Waals surface area contributed by atoms with Crippen LogP contribution >= 0.6 is 23.4 Å². The Morgan fingerprint density at radius 1 is 1.15 bits per heavy atom. The summed E-state index contributed by atoms with van der Waals surface area (Å²) < 4.78 is -0.181. The van der Waals surface area contributed by atoms with Crippen molar-refractivity contribution in [2.45, 2.75) is 24.0 Å². The van der Waals surface area contributed by atoms with Crippen molar-refractivity contribution < 1.29 is 4.79 Å². The fraction of sp³-hybridized carbons (Fsp3) is 0.438. The molecule has 0 spiro atoms. The van der Waals surface area contributed by atoms with Crippen LogP contribution in [0.15, 0.2) is 36.4 Å². The molecule has 1 amide bonds. The number of rotatable bonds is 2. The predicted octanol–water partition coefficient (Wildman–Crippen LogP) is 3.97. The van der Waals surface area contributed by atoms with Crippen LogP contribution in [-0.4, -0.2) is 28.6 Å². The summed E-state index contributed by atoms with van der Waals surface area (Å²) in [6.07, 6.45) is 5.52. The number of likely N-dealkylation sites (tertiary alicyclic amines) is 1. The van der Waals surface area contributed by atoms with Gasteiger partial charge in [-0.3, -0.25) is 4.79 Å². The smallest absolute Gasteiger partial charge is 0.231 e. The van der Waals surface area contributed by atoms with Gasteiger partial charge in [-0.15, -0.1) is 23.4 Å². The molecule has 1 aromatic rings. The Bertz CT molecular complexity index is 510. The van der Waals surface area contributed by atoms with Crippen LogP contribution in [-0.2, 0) is 4.79 Å². The van der Waals surface area contributed by atoms with Crippen LogP contribution in [0.5, 0.6) is 0 Å². The Morgan fingerprint density at radius 3 is 2.55 bits per heavy atom. The number of hydrogen-bond acceptors (Lipinski definition) is 2. The van der Waals surface area contributed by atoms with Crippen molar-refractivity contribution in [1.29, 1.82) is 0 Å². The van der Waals surface area contributed by atoms with E-state index in [1.165, 1.54) is 6.42 Å². The van der Waals surface area contributed by atoms with Crippen LogP contribution < -0.4 is 0 Å². The molecular weight excluding hydrogens is 290 g/mol. The zero-order chi connectivity index (χ0) is 13.9. The Hall–Kier alpha value is -0.930. The third kappa shape index (κ3) is 2.89. The molecule has 3 rings (SSSR count). The van der Waals surface area contributed by atoms with Crippen molar-refractivity contribution in [2.24, 2.45) is 5.92 Å². The van der Waals surface area contributed by atoms with Crippen LogP contribution in [0.2, 0.25) is 0 Å². The average Bonchev–Trinajstić information content (AvgIpc) is 2.90. The van der Waals surface area contributed by atoms with E-state index in [1.807, 2.05) is 23.1 Å².